The summed E-state index contributed by atoms with van der Waals surface area (Å²) in [5.41, 5.74) is 4.81. The molecule has 0 aliphatic carbocycles. The topological polar surface area (TPSA) is 286 Å². The zero-order valence-corrected chi connectivity index (χ0v) is 47.2. The molecular formula is C57H66F6N10O9S2. The molecule has 2 heterocycles. The number of hydrogen-bond donors (Lipinski definition) is 12. The zero-order chi connectivity index (χ0) is 61.3. The van der Waals surface area contributed by atoms with E-state index in [1.54, 1.807) is 72.9 Å². The number of H-pyrrole nitrogens is 1. The first-order valence-corrected chi connectivity index (χ1v) is 28.1. The van der Waals surface area contributed by atoms with Crippen molar-refractivity contribution in [3.05, 3.63) is 137 Å². The molecule has 1 saturated heterocycles. The lowest BCUT2D eigenvalue weighted by Crippen LogP contribution is -2.59. The maximum absolute atomic E-state index is 14.5. The maximum Gasteiger partial charge on any atom is 0.416 e. The van der Waals surface area contributed by atoms with Crippen molar-refractivity contribution in [1.82, 2.24) is 47.1 Å². The minimum Gasteiger partial charge on any atom is -0.508 e. The molecule has 1 fully saturated rings. The number of carbonyl (C=O) groups is 8. The third kappa shape index (κ3) is 18.6. The average molecular weight is 1210 g/mol. The Hall–Kier alpha value is -7.78. The number of phenols is 1. The van der Waals surface area contributed by atoms with E-state index in [9.17, 15) is 69.8 Å². The second kappa shape index (κ2) is 30.2. The second-order valence-electron chi connectivity index (χ2n) is 20.1. The van der Waals surface area contributed by atoms with Crippen molar-refractivity contribution in [2.45, 2.75) is 119 Å². The average Bonchev–Trinajstić information content (AvgIpc) is 3.09. The molecule has 27 heteroatoms. The number of amides is 8. The Balaban J connectivity index is 1.12. The number of aromatic nitrogens is 1. The van der Waals surface area contributed by atoms with Crippen LogP contribution in [0.25, 0.3) is 10.9 Å². The number of likely N-dealkylation sites (tertiary alicyclic amines) is 1. The number of carbonyl (C=O) groups excluding carboxylic acids is 8. The van der Waals surface area contributed by atoms with Crippen LogP contribution in [-0.4, -0.2) is 129 Å². The molecule has 11 N–H and O–H groups in total. The van der Waals surface area contributed by atoms with Gasteiger partial charge in [0.2, 0.25) is 47.3 Å². The Morgan fingerprint density at radius 3 is 1.87 bits per heavy atom. The molecule has 0 saturated carbocycles. The number of alkyl halides is 6. The lowest BCUT2D eigenvalue weighted by molar-refractivity contribution is -0.143. The number of thiol groups is 2. The number of hydrogen-bond acceptors (Lipinski definition) is 12. The van der Waals surface area contributed by atoms with Crippen molar-refractivity contribution < 1.29 is 69.8 Å². The van der Waals surface area contributed by atoms with Crippen molar-refractivity contribution in [1.29, 1.82) is 0 Å². The third-order valence-corrected chi connectivity index (χ3v) is 14.6. The number of nitrogens with zero attached hydrogens (tertiary/aromatic N) is 1. The largest absolute Gasteiger partial charge is 0.508 e. The summed E-state index contributed by atoms with van der Waals surface area (Å²) in [5, 5.41) is 28.0. The van der Waals surface area contributed by atoms with Gasteiger partial charge in [-0.1, -0.05) is 80.4 Å². The number of halogens is 6. The highest BCUT2D eigenvalue weighted by atomic mass is 32.1. The smallest absolute Gasteiger partial charge is 0.416 e. The first kappa shape index (κ1) is 65.4. The number of aromatic amines is 1. The van der Waals surface area contributed by atoms with Crippen LogP contribution in [0.2, 0.25) is 0 Å². The minimum atomic E-state index is -5.15. The van der Waals surface area contributed by atoms with Gasteiger partial charge in [0, 0.05) is 54.5 Å². The van der Waals surface area contributed by atoms with E-state index in [1.807, 2.05) is 6.92 Å². The first-order valence-electron chi connectivity index (χ1n) is 26.9. The van der Waals surface area contributed by atoms with Gasteiger partial charge in [-0.25, -0.2) is 0 Å². The van der Waals surface area contributed by atoms with Crippen LogP contribution in [0.5, 0.6) is 5.75 Å². The van der Waals surface area contributed by atoms with Gasteiger partial charge in [0.15, 0.2) is 0 Å². The molecule has 1 aromatic heterocycles. The van der Waals surface area contributed by atoms with Gasteiger partial charge in [-0.15, -0.1) is 0 Å². The monoisotopic (exact) mass is 1210 g/mol. The van der Waals surface area contributed by atoms with E-state index < -0.39 is 132 Å². The van der Waals surface area contributed by atoms with E-state index in [-0.39, 0.29) is 62.0 Å². The summed E-state index contributed by atoms with van der Waals surface area (Å²) in [6.07, 6.45) is -7.32. The number of aromatic hydroxyl groups is 1. The number of benzene rings is 4. The highest BCUT2D eigenvalue weighted by molar-refractivity contribution is 7.80. The molecule has 84 heavy (non-hydrogen) atoms. The number of nitrogens with two attached hydrogens (primary N) is 1. The molecule has 0 radical (unpaired) electrons. The Labute approximate surface area is 490 Å². The molecule has 0 spiro atoms. The van der Waals surface area contributed by atoms with Gasteiger partial charge in [-0.3, -0.25) is 38.4 Å². The Kier molecular flexibility index (Phi) is 23.5. The molecule has 1 aliphatic heterocycles. The van der Waals surface area contributed by atoms with Gasteiger partial charge >= 0.3 is 12.4 Å². The van der Waals surface area contributed by atoms with Gasteiger partial charge in [0.05, 0.1) is 23.7 Å². The fourth-order valence-electron chi connectivity index (χ4n) is 9.39. The van der Waals surface area contributed by atoms with Crippen LogP contribution in [0, 0.1) is 0 Å². The van der Waals surface area contributed by atoms with Crippen molar-refractivity contribution >= 4 is 83.4 Å². The van der Waals surface area contributed by atoms with E-state index in [4.69, 9.17) is 5.73 Å². The predicted octanol–water partition coefficient (Wildman–Crippen LogP) is 4.16. The van der Waals surface area contributed by atoms with Crippen LogP contribution in [-0.2, 0) is 76.5 Å². The van der Waals surface area contributed by atoms with Crippen LogP contribution in [0.15, 0.2) is 103 Å². The predicted molar refractivity (Wildman–Crippen MR) is 305 cm³/mol. The summed E-state index contributed by atoms with van der Waals surface area (Å²) < 4.78 is 82.1. The van der Waals surface area contributed by atoms with E-state index in [1.165, 1.54) is 17.0 Å². The van der Waals surface area contributed by atoms with Gasteiger partial charge in [0.1, 0.15) is 42.0 Å². The van der Waals surface area contributed by atoms with E-state index >= 15 is 0 Å². The third-order valence-electron chi connectivity index (χ3n) is 13.9. The van der Waals surface area contributed by atoms with Gasteiger partial charge in [0.25, 0.3) is 0 Å². The van der Waals surface area contributed by atoms with Crippen LogP contribution in [0.1, 0.15) is 72.4 Å². The zero-order valence-electron chi connectivity index (χ0n) is 45.4. The fourth-order valence-corrected chi connectivity index (χ4v) is 9.90. The quantitative estimate of drug-likeness (QED) is 0.0263. The van der Waals surface area contributed by atoms with Crippen molar-refractivity contribution in [3.8, 4) is 5.75 Å². The molecule has 7 atom stereocenters. The summed E-state index contributed by atoms with van der Waals surface area (Å²) in [4.78, 5) is 115. The number of nitrogens with one attached hydrogen (secondary N) is 8. The molecule has 19 nitrogen and oxygen atoms in total. The summed E-state index contributed by atoms with van der Waals surface area (Å²) in [5.74, 6) is -6.85. The SMILES string of the molecule is CCCC[C@H](NC(=O)[C@H](Cc1ccccc1)NC(=O)CNC(=O)[C@@H](CS)NC(=O)[C@@H](N)Cc1ccc(O)cc1)C(=O)N1CCC[C@H]1C(=O)N[C@@H](CS)C(=O)N[C@@H](Cc1c[nH]c2ccccc12)C(=O)NCc1cc(C(F)(F)F)cc(C(F)(F)F)c1. The molecule has 8 amide bonds. The van der Waals surface area contributed by atoms with Crippen LogP contribution >= 0.6 is 25.3 Å². The van der Waals surface area contributed by atoms with Crippen molar-refractivity contribution in [3.63, 3.8) is 0 Å². The van der Waals surface area contributed by atoms with Crippen LogP contribution in [0.3, 0.4) is 0 Å². The van der Waals surface area contributed by atoms with Crippen molar-refractivity contribution in [2.24, 2.45) is 5.73 Å². The lowest BCUT2D eigenvalue weighted by atomic mass is 10.0. The highest BCUT2D eigenvalue weighted by Gasteiger charge is 2.41. The highest BCUT2D eigenvalue weighted by Crippen LogP contribution is 2.36. The number of para-hydroxylation sites is 1. The Bertz CT molecular complexity index is 3080. The molecule has 0 bridgehead atoms. The molecule has 4 aromatic carbocycles. The lowest BCUT2D eigenvalue weighted by Gasteiger charge is -2.31. The van der Waals surface area contributed by atoms with Gasteiger partial charge in [-0.05, 0) is 84.3 Å². The second-order valence-corrected chi connectivity index (χ2v) is 20.9. The summed E-state index contributed by atoms with van der Waals surface area (Å²) in [7, 11) is 0. The number of phenolic OH excluding ortho intramolecular Hbond substituents is 1. The molecular weight excluding hydrogens is 1150 g/mol. The normalized spacial score (nSPS) is 15.6. The fraction of sp³-hybridized carbons (Fsp3) is 0.404. The first-order chi connectivity index (χ1) is 39.9. The van der Waals surface area contributed by atoms with Gasteiger partial charge in [-0.2, -0.15) is 51.6 Å². The maximum atomic E-state index is 14.5. The summed E-state index contributed by atoms with van der Waals surface area (Å²) in [6.45, 7) is 0.494. The molecule has 452 valence electrons. The van der Waals surface area contributed by atoms with Crippen molar-refractivity contribution in [2.75, 3.05) is 24.6 Å². The summed E-state index contributed by atoms with van der Waals surface area (Å²) >= 11 is 8.47. The molecule has 6 rings (SSSR count). The molecule has 1 aliphatic rings. The van der Waals surface area contributed by atoms with Crippen LogP contribution in [0.4, 0.5) is 26.3 Å². The van der Waals surface area contributed by atoms with E-state index in [0.29, 0.717) is 59.0 Å². The summed E-state index contributed by atoms with van der Waals surface area (Å²) in [6, 6.07) is 13.6. The van der Waals surface area contributed by atoms with Crippen LogP contribution < -0.4 is 43.0 Å². The number of fused-ring (bicyclic) bond motifs is 1. The minimum absolute atomic E-state index is 0.0290. The standard InChI is InChI=1S/C57H66F6N10O9S2/c1-2-3-13-42(69-52(79)43(24-32-10-5-4-6-11-32)68-48(75)29-67-51(78)45(30-83)71-49(76)40(64)23-33-16-18-38(74)19-17-33)55(82)73-20-9-15-47(73)54(81)72-46(31-84)53(80)70-44(25-35-28-65-41-14-8-7-12-39(35)41)50(77)66-27-34-21-36(56(58,59)60)26-37(22-34)57(61,62)63/h4-8,10-12,14,16-19,21-22,26,28,40,42-47,65,74,83-84H,2-3,9,13,15,20,23-25,27,29-31,64H2,1H3,(H,66,77)(H,67,78)(H,68,75)(H,69,79)(H,70,80)(H,71,76)(H,72,81)/t40-,42-,43-,44-,45+,46-,47-/m0/s1. The number of rotatable bonds is 27. The van der Waals surface area contributed by atoms with E-state index in [2.05, 4.69) is 67.5 Å². The molecule has 5 aromatic rings. The van der Waals surface area contributed by atoms with E-state index in [0.717, 1.165) is 0 Å². The number of unbranched alkanes of at least 4 members (excludes halogenated alkanes) is 1. The Morgan fingerprint density at radius 1 is 0.655 bits per heavy atom. The van der Waals surface area contributed by atoms with Gasteiger partial charge < -0.3 is 57.9 Å². The molecule has 0 unspecified atom stereocenters. The Morgan fingerprint density at radius 2 is 1.23 bits per heavy atom.